The maximum Gasteiger partial charge on any atom is 0.0576 e. The topological polar surface area (TPSA) is 9.23 Å². The van der Waals surface area contributed by atoms with Gasteiger partial charge >= 0.3 is 0 Å². The first-order valence-corrected chi connectivity index (χ1v) is 3.85. The minimum absolute atomic E-state index is 0.480. The first-order valence-electron chi connectivity index (χ1n) is 3.85. The fourth-order valence-corrected chi connectivity index (χ4v) is 1.30. The number of hydrogen-bond acceptors (Lipinski definition) is 1. The molecule has 3 unspecified atom stereocenters. The highest BCUT2D eigenvalue weighted by Crippen LogP contribution is 2.23. The molecule has 0 radical (unpaired) electrons. The van der Waals surface area contributed by atoms with Crippen molar-refractivity contribution in [3.8, 4) is 0 Å². The molecular weight excluding hydrogens is 112 g/mol. The first kappa shape index (κ1) is 7.07. The molecule has 0 amide bonds. The Morgan fingerprint density at radius 2 is 1.78 bits per heavy atom. The minimum atomic E-state index is 0.480. The van der Waals surface area contributed by atoms with E-state index < -0.39 is 0 Å². The van der Waals surface area contributed by atoms with Crippen molar-refractivity contribution in [3.05, 3.63) is 0 Å². The molecule has 1 aliphatic rings. The second-order valence-electron chi connectivity index (χ2n) is 3.21. The molecule has 0 aromatic carbocycles. The highest BCUT2D eigenvalue weighted by atomic mass is 16.5. The second kappa shape index (κ2) is 2.70. The van der Waals surface area contributed by atoms with Crippen molar-refractivity contribution >= 4 is 0 Å². The van der Waals surface area contributed by atoms with Crippen LogP contribution in [-0.4, -0.2) is 12.2 Å². The fraction of sp³-hybridized carbons (Fsp3) is 1.00. The summed E-state index contributed by atoms with van der Waals surface area (Å²) in [5.41, 5.74) is 0. The molecule has 0 aromatic rings. The molecule has 0 saturated carbocycles. The first-order chi connectivity index (χ1) is 4.20. The number of hydrogen-bond donors (Lipinski definition) is 0. The van der Waals surface area contributed by atoms with E-state index >= 15 is 0 Å². The molecule has 1 nitrogen and oxygen atoms in total. The van der Waals surface area contributed by atoms with Gasteiger partial charge in [0.2, 0.25) is 0 Å². The molecular formula is C8H16O. The van der Waals surface area contributed by atoms with Gasteiger partial charge in [0, 0.05) is 0 Å². The number of rotatable bonds is 0. The van der Waals surface area contributed by atoms with Crippen LogP contribution < -0.4 is 0 Å². The zero-order valence-corrected chi connectivity index (χ0v) is 6.55. The predicted molar refractivity (Wildman–Crippen MR) is 38.4 cm³/mol. The van der Waals surface area contributed by atoms with Gasteiger partial charge in [-0.15, -0.1) is 0 Å². The van der Waals surface area contributed by atoms with Gasteiger partial charge in [-0.1, -0.05) is 6.92 Å². The van der Waals surface area contributed by atoms with Crippen molar-refractivity contribution < 1.29 is 4.74 Å². The molecule has 0 spiro atoms. The molecule has 0 bridgehead atoms. The SMILES string of the molecule is CC1CCC(C)C(C)O1. The monoisotopic (exact) mass is 128 g/mol. The molecule has 1 aliphatic heterocycles. The molecule has 1 heterocycles. The van der Waals surface area contributed by atoms with E-state index in [1.165, 1.54) is 12.8 Å². The van der Waals surface area contributed by atoms with Crippen LogP contribution in [0.3, 0.4) is 0 Å². The van der Waals surface area contributed by atoms with Gasteiger partial charge in [-0.05, 0) is 32.6 Å². The van der Waals surface area contributed by atoms with Crippen molar-refractivity contribution in [1.29, 1.82) is 0 Å². The lowest BCUT2D eigenvalue weighted by atomic mass is 9.95. The van der Waals surface area contributed by atoms with Crippen LogP contribution >= 0.6 is 0 Å². The van der Waals surface area contributed by atoms with E-state index in [9.17, 15) is 0 Å². The van der Waals surface area contributed by atoms with Crippen molar-refractivity contribution in [1.82, 2.24) is 0 Å². The average Bonchev–Trinajstić information content (AvgIpc) is 1.80. The van der Waals surface area contributed by atoms with Gasteiger partial charge < -0.3 is 4.74 Å². The molecule has 1 heteroatoms. The van der Waals surface area contributed by atoms with E-state index in [0.717, 1.165) is 5.92 Å². The van der Waals surface area contributed by atoms with Crippen molar-refractivity contribution in [2.45, 2.75) is 45.8 Å². The maximum absolute atomic E-state index is 5.60. The van der Waals surface area contributed by atoms with Crippen molar-refractivity contribution in [2.24, 2.45) is 5.92 Å². The van der Waals surface area contributed by atoms with Gasteiger partial charge in [0.25, 0.3) is 0 Å². The fourth-order valence-electron chi connectivity index (χ4n) is 1.30. The summed E-state index contributed by atoms with van der Waals surface area (Å²) < 4.78 is 5.60. The third-order valence-electron chi connectivity index (χ3n) is 2.28. The largest absolute Gasteiger partial charge is 0.375 e. The Morgan fingerprint density at radius 1 is 1.11 bits per heavy atom. The van der Waals surface area contributed by atoms with Gasteiger partial charge in [-0.25, -0.2) is 0 Å². The van der Waals surface area contributed by atoms with Crippen LogP contribution in [-0.2, 0) is 4.74 Å². The summed E-state index contributed by atoms with van der Waals surface area (Å²) in [6, 6.07) is 0. The van der Waals surface area contributed by atoms with Crippen LogP contribution in [0, 0.1) is 5.92 Å². The van der Waals surface area contributed by atoms with Crippen molar-refractivity contribution in [3.63, 3.8) is 0 Å². The molecule has 1 saturated heterocycles. The highest BCUT2D eigenvalue weighted by molar-refractivity contribution is 4.70. The highest BCUT2D eigenvalue weighted by Gasteiger charge is 2.21. The summed E-state index contributed by atoms with van der Waals surface area (Å²) >= 11 is 0. The summed E-state index contributed by atoms with van der Waals surface area (Å²) in [6.45, 7) is 6.58. The molecule has 9 heavy (non-hydrogen) atoms. The van der Waals surface area contributed by atoms with Gasteiger partial charge in [-0.2, -0.15) is 0 Å². The third-order valence-corrected chi connectivity index (χ3v) is 2.28. The Morgan fingerprint density at radius 3 is 2.22 bits per heavy atom. The minimum Gasteiger partial charge on any atom is -0.375 e. The molecule has 0 aliphatic carbocycles. The lowest BCUT2D eigenvalue weighted by Gasteiger charge is -2.30. The zero-order valence-electron chi connectivity index (χ0n) is 6.55. The summed E-state index contributed by atoms with van der Waals surface area (Å²) in [7, 11) is 0. The Hall–Kier alpha value is -0.0400. The van der Waals surface area contributed by atoms with Gasteiger partial charge in [0.15, 0.2) is 0 Å². The lowest BCUT2D eigenvalue weighted by Crippen LogP contribution is -2.29. The Balaban J connectivity index is 2.35. The van der Waals surface area contributed by atoms with Gasteiger partial charge in [0.1, 0.15) is 0 Å². The van der Waals surface area contributed by atoms with E-state index in [0.29, 0.717) is 12.2 Å². The Labute approximate surface area is 57.4 Å². The molecule has 1 rings (SSSR count). The van der Waals surface area contributed by atoms with Crippen LogP contribution in [0.1, 0.15) is 33.6 Å². The van der Waals surface area contributed by atoms with E-state index in [-0.39, 0.29) is 0 Å². The zero-order chi connectivity index (χ0) is 6.85. The van der Waals surface area contributed by atoms with Gasteiger partial charge in [0.05, 0.1) is 12.2 Å². The maximum atomic E-state index is 5.60. The summed E-state index contributed by atoms with van der Waals surface area (Å²) in [5.74, 6) is 0.765. The molecule has 0 aromatic heterocycles. The van der Waals surface area contributed by atoms with Crippen LogP contribution in [0.15, 0.2) is 0 Å². The van der Waals surface area contributed by atoms with E-state index in [2.05, 4.69) is 20.8 Å². The van der Waals surface area contributed by atoms with E-state index in [1.54, 1.807) is 0 Å². The average molecular weight is 128 g/mol. The van der Waals surface area contributed by atoms with Crippen LogP contribution in [0.5, 0.6) is 0 Å². The normalized spacial score (nSPS) is 45.0. The molecule has 0 N–H and O–H groups in total. The Kier molecular flexibility index (Phi) is 2.12. The van der Waals surface area contributed by atoms with Gasteiger partial charge in [-0.3, -0.25) is 0 Å². The summed E-state index contributed by atoms with van der Waals surface area (Å²) in [4.78, 5) is 0. The summed E-state index contributed by atoms with van der Waals surface area (Å²) in [6.07, 6.45) is 3.55. The number of ether oxygens (including phenoxy) is 1. The Bertz CT molecular complexity index is 90.6. The van der Waals surface area contributed by atoms with Crippen LogP contribution in [0.2, 0.25) is 0 Å². The molecule has 1 fully saturated rings. The second-order valence-corrected chi connectivity index (χ2v) is 3.21. The third kappa shape index (κ3) is 1.68. The summed E-state index contributed by atoms with van der Waals surface area (Å²) in [5, 5.41) is 0. The predicted octanol–water partition coefficient (Wildman–Crippen LogP) is 2.21. The van der Waals surface area contributed by atoms with E-state index in [4.69, 9.17) is 4.74 Å². The smallest absolute Gasteiger partial charge is 0.0576 e. The molecule has 54 valence electrons. The lowest BCUT2D eigenvalue weighted by molar-refractivity contribution is -0.0594. The van der Waals surface area contributed by atoms with Crippen LogP contribution in [0.4, 0.5) is 0 Å². The molecule has 3 atom stereocenters. The quantitative estimate of drug-likeness (QED) is 0.486. The standard InChI is InChI=1S/C8H16O/c1-6-4-5-7(2)9-8(6)3/h6-8H,4-5H2,1-3H3. The van der Waals surface area contributed by atoms with Crippen LogP contribution in [0.25, 0.3) is 0 Å². The van der Waals surface area contributed by atoms with E-state index in [1.807, 2.05) is 0 Å². The van der Waals surface area contributed by atoms with Crippen molar-refractivity contribution in [2.75, 3.05) is 0 Å².